The fraction of sp³-hybridized carbons (Fsp3) is 0.929. The number of hydrogen-bond acceptors (Lipinski definition) is 3. The van der Waals surface area contributed by atoms with E-state index in [1.807, 2.05) is 13.8 Å². The summed E-state index contributed by atoms with van der Waals surface area (Å²) in [5, 5.41) is 12.8. The molecule has 2 aliphatic rings. The van der Waals surface area contributed by atoms with Gasteiger partial charge < -0.3 is 16.2 Å². The summed E-state index contributed by atoms with van der Waals surface area (Å²) >= 11 is 0. The molecule has 18 heavy (non-hydrogen) atoms. The van der Waals surface area contributed by atoms with Crippen LogP contribution in [-0.2, 0) is 4.79 Å². The van der Waals surface area contributed by atoms with E-state index in [0.29, 0.717) is 12.3 Å². The highest BCUT2D eigenvalue weighted by atomic mass is 16.3. The van der Waals surface area contributed by atoms with Crippen molar-refractivity contribution in [3.63, 3.8) is 0 Å². The van der Waals surface area contributed by atoms with Gasteiger partial charge in [0.05, 0.1) is 6.10 Å². The first-order valence-electron chi connectivity index (χ1n) is 7.13. The largest absolute Gasteiger partial charge is 0.392 e. The number of aliphatic hydroxyl groups is 1. The Balaban J connectivity index is 1.79. The first-order valence-corrected chi connectivity index (χ1v) is 7.13. The van der Waals surface area contributed by atoms with Gasteiger partial charge in [-0.25, -0.2) is 0 Å². The molecule has 0 aliphatic heterocycles. The predicted molar refractivity (Wildman–Crippen MR) is 70.8 cm³/mol. The van der Waals surface area contributed by atoms with E-state index in [9.17, 15) is 9.90 Å². The summed E-state index contributed by atoms with van der Waals surface area (Å²) in [7, 11) is 0. The Morgan fingerprint density at radius 2 is 1.94 bits per heavy atom. The van der Waals surface area contributed by atoms with Gasteiger partial charge in [0.2, 0.25) is 5.91 Å². The van der Waals surface area contributed by atoms with Crippen molar-refractivity contribution in [2.45, 2.75) is 58.1 Å². The summed E-state index contributed by atoms with van der Waals surface area (Å²) in [6.07, 6.45) is 4.48. The van der Waals surface area contributed by atoms with Gasteiger partial charge in [-0.1, -0.05) is 13.8 Å². The molecule has 2 rings (SSSR count). The normalized spacial score (nSPS) is 38.9. The van der Waals surface area contributed by atoms with Crippen LogP contribution in [0, 0.1) is 17.3 Å². The predicted octanol–water partition coefficient (Wildman–Crippen LogP) is 1.03. The second-order valence-corrected chi connectivity index (χ2v) is 6.59. The number of aliphatic hydroxyl groups excluding tert-OH is 1. The Labute approximate surface area is 109 Å². The van der Waals surface area contributed by atoms with Crippen LogP contribution in [-0.4, -0.2) is 29.7 Å². The SMILES string of the molecule is CC1(C)C(O)CC1NC(=O)C1CCC(CN)CC1. The number of amides is 1. The Kier molecular flexibility index (Phi) is 3.97. The number of nitrogens with two attached hydrogens (primary N) is 1. The van der Waals surface area contributed by atoms with E-state index in [1.54, 1.807) is 0 Å². The van der Waals surface area contributed by atoms with Crippen LogP contribution in [0.4, 0.5) is 0 Å². The molecule has 0 heterocycles. The first kappa shape index (κ1) is 13.8. The fourth-order valence-corrected chi connectivity index (χ4v) is 3.10. The van der Waals surface area contributed by atoms with Gasteiger partial charge in [-0.05, 0) is 44.6 Å². The van der Waals surface area contributed by atoms with Crippen molar-refractivity contribution in [1.82, 2.24) is 5.32 Å². The third-order valence-corrected chi connectivity index (χ3v) is 5.08. The number of nitrogens with one attached hydrogen (secondary N) is 1. The Morgan fingerprint density at radius 3 is 2.39 bits per heavy atom. The average Bonchev–Trinajstić information content (AvgIpc) is 2.38. The second-order valence-electron chi connectivity index (χ2n) is 6.59. The van der Waals surface area contributed by atoms with Crippen LogP contribution in [0.1, 0.15) is 46.0 Å². The summed E-state index contributed by atoms with van der Waals surface area (Å²) in [5.41, 5.74) is 5.48. The van der Waals surface area contributed by atoms with Crippen LogP contribution < -0.4 is 11.1 Å². The van der Waals surface area contributed by atoms with Crippen molar-refractivity contribution in [2.75, 3.05) is 6.54 Å². The van der Waals surface area contributed by atoms with Gasteiger partial charge >= 0.3 is 0 Å². The van der Waals surface area contributed by atoms with E-state index in [4.69, 9.17) is 5.73 Å². The quantitative estimate of drug-likeness (QED) is 0.704. The van der Waals surface area contributed by atoms with Gasteiger partial charge in [-0.2, -0.15) is 0 Å². The molecule has 0 spiro atoms. The maximum atomic E-state index is 12.2. The molecule has 2 aliphatic carbocycles. The molecule has 0 aromatic heterocycles. The standard InChI is InChI=1S/C14H26N2O2/c1-14(2)11(7-12(14)17)16-13(18)10-5-3-9(8-15)4-6-10/h9-12,17H,3-8,15H2,1-2H3,(H,16,18). The molecule has 104 valence electrons. The molecule has 1 amide bonds. The molecule has 0 bridgehead atoms. The summed E-state index contributed by atoms with van der Waals surface area (Å²) < 4.78 is 0. The average molecular weight is 254 g/mol. The molecule has 4 nitrogen and oxygen atoms in total. The lowest BCUT2D eigenvalue weighted by Crippen LogP contribution is -2.61. The van der Waals surface area contributed by atoms with Crippen molar-refractivity contribution in [2.24, 2.45) is 23.0 Å². The van der Waals surface area contributed by atoms with Crippen LogP contribution in [0.25, 0.3) is 0 Å². The number of carbonyl (C=O) groups excluding carboxylic acids is 1. The lowest BCUT2D eigenvalue weighted by atomic mass is 9.64. The molecule has 0 radical (unpaired) electrons. The van der Waals surface area contributed by atoms with Crippen LogP contribution in [0.15, 0.2) is 0 Å². The Hall–Kier alpha value is -0.610. The molecule has 0 aromatic rings. The van der Waals surface area contributed by atoms with Crippen LogP contribution in [0.3, 0.4) is 0 Å². The van der Waals surface area contributed by atoms with Crippen molar-refractivity contribution in [3.05, 3.63) is 0 Å². The summed E-state index contributed by atoms with van der Waals surface area (Å²) in [4.78, 5) is 12.2. The Bertz CT molecular complexity index is 309. The highest BCUT2D eigenvalue weighted by molar-refractivity contribution is 5.79. The topological polar surface area (TPSA) is 75.3 Å². The molecule has 0 saturated heterocycles. The molecule has 2 atom stereocenters. The number of hydrogen-bond donors (Lipinski definition) is 3. The molecule has 4 heteroatoms. The minimum absolute atomic E-state index is 0.132. The fourth-order valence-electron chi connectivity index (χ4n) is 3.10. The number of rotatable bonds is 3. The van der Waals surface area contributed by atoms with Gasteiger partial charge in [0.1, 0.15) is 0 Å². The zero-order valence-corrected chi connectivity index (χ0v) is 11.5. The van der Waals surface area contributed by atoms with Gasteiger partial charge in [-0.3, -0.25) is 4.79 Å². The van der Waals surface area contributed by atoms with Crippen LogP contribution in [0.2, 0.25) is 0 Å². The summed E-state index contributed by atoms with van der Waals surface area (Å²) in [6, 6.07) is 0.132. The van der Waals surface area contributed by atoms with Crippen molar-refractivity contribution >= 4 is 5.91 Å². The third-order valence-electron chi connectivity index (χ3n) is 5.08. The van der Waals surface area contributed by atoms with E-state index in [-0.39, 0.29) is 29.4 Å². The van der Waals surface area contributed by atoms with E-state index < -0.39 is 0 Å². The van der Waals surface area contributed by atoms with Crippen LogP contribution in [0.5, 0.6) is 0 Å². The van der Waals surface area contributed by atoms with Gasteiger partial charge in [0, 0.05) is 17.4 Å². The Morgan fingerprint density at radius 1 is 1.33 bits per heavy atom. The number of carbonyl (C=O) groups is 1. The molecule has 0 aromatic carbocycles. The van der Waals surface area contributed by atoms with Gasteiger partial charge in [0.15, 0.2) is 0 Å². The van der Waals surface area contributed by atoms with Crippen molar-refractivity contribution in [1.29, 1.82) is 0 Å². The van der Waals surface area contributed by atoms with Crippen molar-refractivity contribution in [3.8, 4) is 0 Å². The first-order chi connectivity index (χ1) is 8.45. The van der Waals surface area contributed by atoms with E-state index in [2.05, 4.69) is 5.32 Å². The maximum Gasteiger partial charge on any atom is 0.223 e. The zero-order chi connectivity index (χ0) is 13.3. The second kappa shape index (κ2) is 5.17. The minimum atomic E-state index is -0.282. The monoisotopic (exact) mass is 254 g/mol. The maximum absolute atomic E-state index is 12.2. The van der Waals surface area contributed by atoms with E-state index in [0.717, 1.165) is 32.2 Å². The van der Waals surface area contributed by atoms with E-state index in [1.165, 1.54) is 0 Å². The smallest absolute Gasteiger partial charge is 0.223 e. The third kappa shape index (κ3) is 2.54. The van der Waals surface area contributed by atoms with Gasteiger partial charge in [0.25, 0.3) is 0 Å². The summed E-state index contributed by atoms with van der Waals surface area (Å²) in [6.45, 7) is 4.77. The minimum Gasteiger partial charge on any atom is -0.392 e. The highest BCUT2D eigenvalue weighted by Crippen LogP contribution is 2.40. The van der Waals surface area contributed by atoms with Crippen molar-refractivity contribution < 1.29 is 9.90 Å². The molecule has 2 unspecified atom stereocenters. The highest BCUT2D eigenvalue weighted by Gasteiger charge is 2.48. The zero-order valence-electron chi connectivity index (χ0n) is 11.5. The van der Waals surface area contributed by atoms with Crippen LogP contribution >= 0.6 is 0 Å². The molecule has 2 saturated carbocycles. The molecule has 4 N–H and O–H groups in total. The lowest BCUT2D eigenvalue weighted by Gasteiger charge is -2.49. The lowest BCUT2D eigenvalue weighted by molar-refractivity contribution is -0.134. The van der Waals surface area contributed by atoms with Gasteiger partial charge in [-0.15, -0.1) is 0 Å². The van der Waals surface area contributed by atoms with E-state index >= 15 is 0 Å². The molecular formula is C14H26N2O2. The molecular weight excluding hydrogens is 228 g/mol. The summed E-state index contributed by atoms with van der Waals surface area (Å²) in [5.74, 6) is 0.938. The molecule has 2 fully saturated rings.